The van der Waals surface area contributed by atoms with E-state index in [2.05, 4.69) is 30.4 Å². The van der Waals surface area contributed by atoms with E-state index in [4.69, 9.17) is 5.73 Å². The van der Waals surface area contributed by atoms with Crippen molar-refractivity contribution in [1.82, 2.24) is 0 Å². The normalized spacial score (nSPS) is 16.2. The van der Waals surface area contributed by atoms with Crippen LogP contribution in [0.1, 0.15) is 29.7 Å². The largest absolute Gasteiger partial charge is 0.324 e. The van der Waals surface area contributed by atoms with Crippen molar-refractivity contribution in [3.63, 3.8) is 0 Å². The zero-order chi connectivity index (χ0) is 8.55. The molecule has 0 radical (unpaired) electrons. The van der Waals surface area contributed by atoms with Crippen LogP contribution in [-0.4, -0.2) is 0 Å². The lowest BCUT2D eigenvalue weighted by atomic mass is 10.0. The average molecular weight is 159 g/mol. The van der Waals surface area contributed by atoms with E-state index in [0.29, 0.717) is 0 Å². The quantitative estimate of drug-likeness (QED) is 0.668. The van der Waals surface area contributed by atoms with E-state index in [0.717, 1.165) is 6.42 Å². The third-order valence-corrected chi connectivity index (χ3v) is 2.33. The number of hydrogen-bond donors (Lipinski definition) is 1. The van der Waals surface area contributed by atoms with Crippen LogP contribution in [0.2, 0.25) is 0 Å². The number of rotatable bonds is 1. The van der Waals surface area contributed by atoms with Crippen LogP contribution in [0, 0.1) is 0 Å². The maximum Gasteiger partial charge on any atom is 0.0266 e. The molecule has 0 aliphatic heterocycles. The zero-order valence-electron chi connectivity index (χ0n) is 7.25. The molecule has 1 heteroatoms. The maximum absolute atomic E-state index is 5.78. The van der Waals surface area contributed by atoms with E-state index in [9.17, 15) is 0 Å². The highest BCUT2D eigenvalue weighted by molar-refractivity contribution is 5.60. The molecule has 1 aromatic carbocycles. The average Bonchev–Trinajstić information content (AvgIpc) is 2.49. The second kappa shape index (κ2) is 2.76. The first-order valence-electron chi connectivity index (χ1n) is 4.32. The van der Waals surface area contributed by atoms with Crippen LogP contribution in [0.25, 0.3) is 6.08 Å². The molecule has 1 aliphatic rings. The summed E-state index contributed by atoms with van der Waals surface area (Å²) in [6.07, 6.45) is 5.44. The Labute approximate surface area is 72.9 Å². The summed E-state index contributed by atoms with van der Waals surface area (Å²) >= 11 is 0. The smallest absolute Gasteiger partial charge is 0.0266 e. The van der Waals surface area contributed by atoms with Crippen LogP contribution >= 0.6 is 0 Å². The van der Waals surface area contributed by atoms with Crippen LogP contribution in [0.3, 0.4) is 0 Å². The molecule has 2 rings (SSSR count). The molecule has 1 aliphatic carbocycles. The van der Waals surface area contributed by atoms with Gasteiger partial charge in [0.15, 0.2) is 0 Å². The monoisotopic (exact) mass is 159 g/mol. The highest BCUT2D eigenvalue weighted by Crippen LogP contribution is 2.22. The molecule has 0 saturated carbocycles. The van der Waals surface area contributed by atoms with Crippen LogP contribution < -0.4 is 5.73 Å². The third kappa shape index (κ3) is 1.16. The molecule has 2 N–H and O–H groups in total. The van der Waals surface area contributed by atoms with Crippen molar-refractivity contribution < 1.29 is 0 Å². The third-order valence-electron chi connectivity index (χ3n) is 2.33. The molecule has 0 heterocycles. The van der Waals surface area contributed by atoms with Gasteiger partial charge in [-0.1, -0.05) is 24.3 Å². The van der Waals surface area contributed by atoms with Gasteiger partial charge < -0.3 is 5.73 Å². The van der Waals surface area contributed by atoms with E-state index in [1.165, 1.54) is 16.7 Å². The lowest BCUT2D eigenvalue weighted by Crippen LogP contribution is -2.05. The Kier molecular flexibility index (Phi) is 1.74. The molecule has 0 fully saturated rings. The minimum absolute atomic E-state index is 0.143. The van der Waals surface area contributed by atoms with Gasteiger partial charge in [-0.3, -0.25) is 0 Å². The number of allylic oxidation sites excluding steroid dienone is 1. The Morgan fingerprint density at radius 1 is 1.42 bits per heavy atom. The summed E-state index contributed by atoms with van der Waals surface area (Å²) in [6, 6.07) is 6.62. The first-order valence-corrected chi connectivity index (χ1v) is 4.32. The van der Waals surface area contributed by atoms with Gasteiger partial charge in [-0.25, -0.2) is 0 Å². The lowest BCUT2D eigenvalue weighted by Gasteiger charge is -2.07. The first kappa shape index (κ1) is 7.56. The van der Waals surface area contributed by atoms with Gasteiger partial charge >= 0.3 is 0 Å². The SMILES string of the molecule is CC(N)c1ccc2c(c1)C=CC2. The Morgan fingerprint density at radius 3 is 3.00 bits per heavy atom. The highest BCUT2D eigenvalue weighted by Gasteiger charge is 2.06. The van der Waals surface area contributed by atoms with Crippen molar-refractivity contribution in [2.24, 2.45) is 5.73 Å². The molecular formula is C11H13N. The molecule has 0 spiro atoms. The van der Waals surface area contributed by atoms with Crippen LogP contribution in [0.4, 0.5) is 0 Å². The summed E-state index contributed by atoms with van der Waals surface area (Å²) < 4.78 is 0. The fourth-order valence-corrected chi connectivity index (χ4v) is 1.55. The lowest BCUT2D eigenvalue weighted by molar-refractivity contribution is 0.817. The van der Waals surface area contributed by atoms with Crippen molar-refractivity contribution >= 4 is 6.08 Å². The maximum atomic E-state index is 5.78. The topological polar surface area (TPSA) is 26.0 Å². The van der Waals surface area contributed by atoms with Gasteiger partial charge in [0, 0.05) is 6.04 Å². The molecule has 0 amide bonds. The standard InChI is InChI=1S/C11H13N/c1-8(12)10-6-5-9-3-2-4-11(9)7-10/h2,4-8H,3,12H2,1H3. The van der Waals surface area contributed by atoms with Gasteiger partial charge in [0.1, 0.15) is 0 Å². The van der Waals surface area contributed by atoms with E-state index < -0.39 is 0 Å². The van der Waals surface area contributed by atoms with Crippen molar-refractivity contribution in [3.05, 3.63) is 41.0 Å². The van der Waals surface area contributed by atoms with Gasteiger partial charge in [-0.2, -0.15) is 0 Å². The molecule has 62 valence electrons. The molecule has 1 atom stereocenters. The van der Waals surface area contributed by atoms with Gasteiger partial charge in [0.05, 0.1) is 0 Å². The number of fused-ring (bicyclic) bond motifs is 1. The Balaban J connectivity index is 2.44. The summed E-state index contributed by atoms with van der Waals surface area (Å²) in [7, 11) is 0. The fraction of sp³-hybridized carbons (Fsp3) is 0.273. The van der Waals surface area contributed by atoms with Gasteiger partial charge in [0.25, 0.3) is 0 Å². The van der Waals surface area contributed by atoms with E-state index in [1.54, 1.807) is 0 Å². The second-order valence-electron chi connectivity index (χ2n) is 3.35. The summed E-state index contributed by atoms with van der Waals surface area (Å²) in [6.45, 7) is 2.01. The highest BCUT2D eigenvalue weighted by atomic mass is 14.6. The Bertz CT molecular complexity index is 324. The second-order valence-corrected chi connectivity index (χ2v) is 3.35. The molecule has 0 saturated heterocycles. The predicted molar refractivity (Wildman–Crippen MR) is 51.8 cm³/mol. The number of nitrogens with two attached hydrogens (primary N) is 1. The summed E-state index contributed by atoms with van der Waals surface area (Å²) in [5.74, 6) is 0. The van der Waals surface area contributed by atoms with Crippen LogP contribution in [0.5, 0.6) is 0 Å². The first-order chi connectivity index (χ1) is 5.77. The summed E-state index contributed by atoms with van der Waals surface area (Å²) in [5, 5.41) is 0. The molecule has 12 heavy (non-hydrogen) atoms. The predicted octanol–water partition coefficient (Wildman–Crippen LogP) is 2.28. The van der Waals surface area contributed by atoms with E-state index >= 15 is 0 Å². The Morgan fingerprint density at radius 2 is 2.25 bits per heavy atom. The minimum atomic E-state index is 0.143. The number of benzene rings is 1. The van der Waals surface area contributed by atoms with Crippen molar-refractivity contribution in [1.29, 1.82) is 0 Å². The van der Waals surface area contributed by atoms with Crippen LogP contribution in [-0.2, 0) is 6.42 Å². The molecule has 1 aromatic rings. The molecular weight excluding hydrogens is 146 g/mol. The van der Waals surface area contributed by atoms with E-state index in [-0.39, 0.29) is 6.04 Å². The van der Waals surface area contributed by atoms with Gasteiger partial charge in [0.2, 0.25) is 0 Å². The molecule has 0 aromatic heterocycles. The zero-order valence-corrected chi connectivity index (χ0v) is 7.25. The van der Waals surface area contributed by atoms with Crippen molar-refractivity contribution in [3.8, 4) is 0 Å². The van der Waals surface area contributed by atoms with Gasteiger partial charge in [-0.05, 0) is 36.1 Å². The molecule has 1 nitrogen and oxygen atoms in total. The molecule has 0 bridgehead atoms. The Hall–Kier alpha value is -1.08. The van der Waals surface area contributed by atoms with Gasteiger partial charge in [-0.15, -0.1) is 0 Å². The van der Waals surface area contributed by atoms with E-state index in [1.807, 2.05) is 6.92 Å². The summed E-state index contributed by atoms with van der Waals surface area (Å²) in [5.41, 5.74) is 9.76. The van der Waals surface area contributed by atoms with Crippen molar-refractivity contribution in [2.45, 2.75) is 19.4 Å². The van der Waals surface area contributed by atoms with Crippen LogP contribution in [0.15, 0.2) is 24.3 Å². The molecule has 1 unspecified atom stereocenters. The van der Waals surface area contributed by atoms with Crippen molar-refractivity contribution in [2.75, 3.05) is 0 Å². The minimum Gasteiger partial charge on any atom is -0.324 e. The fourth-order valence-electron chi connectivity index (χ4n) is 1.55. The number of hydrogen-bond acceptors (Lipinski definition) is 1. The summed E-state index contributed by atoms with van der Waals surface area (Å²) in [4.78, 5) is 0.